The molecule has 0 bridgehead atoms. The van der Waals surface area contributed by atoms with Gasteiger partial charge in [0, 0.05) is 0 Å². The van der Waals surface area contributed by atoms with Crippen molar-refractivity contribution in [2.45, 2.75) is 19.9 Å². The third kappa shape index (κ3) is 4.39. The highest BCUT2D eigenvalue weighted by Crippen LogP contribution is 2.00. The predicted octanol–water partition coefficient (Wildman–Crippen LogP) is 1.02. The monoisotopic (exact) mass is 197 g/mol. The first-order valence-electron chi connectivity index (χ1n) is 4.95. The van der Waals surface area contributed by atoms with Gasteiger partial charge in [-0.05, 0) is 40.5 Å². The Hall–Kier alpha value is -0.870. The summed E-state index contributed by atoms with van der Waals surface area (Å²) in [5, 5.41) is 3.29. The van der Waals surface area contributed by atoms with E-state index in [9.17, 15) is 0 Å². The minimum Gasteiger partial charge on any atom is -0.445 e. The number of hydrogen-bond donors (Lipinski definition) is 1. The van der Waals surface area contributed by atoms with Crippen molar-refractivity contribution in [1.29, 1.82) is 0 Å². The molecule has 80 valence electrons. The normalized spacial score (nSPS) is 11.1. The molecule has 1 aromatic heterocycles. The van der Waals surface area contributed by atoms with Gasteiger partial charge in [0.2, 0.25) is 5.89 Å². The van der Waals surface area contributed by atoms with Crippen LogP contribution in [0.25, 0.3) is 0 Å². The molecule has 4 heteroatoms. The number of hydrogen-bond acceptors (Lipinski definition) is 4. The molecule has 0 aliphatic heterocycles. The van der Waals surface area contributed by atoms with Crippen LogP contribution in [0.2, 0.25) is 0 Å². The fraction of sp³-hybridized carbons (Fsp3) is 0.700. The van der Waals surface area contributed by atoms with Gasteiger partial charge in [0.05, 0.1) is 12.7 Å². The molecule has 0 atom stereocenters. The van der Waals surface area contributed by atoms with Crippen molar-refractivity contribution in [3.63, 3.8) is 0 Å². The summed E-state index contributed by atoms with van der Waals surface area (Å²) in [5.41, 5.74) is 0. The Bertz CT molecular complexity index is 258. The van der Waals surface area contributed by atoms with E-state index >= 15 is 0 Å². The van der Waals surface area contributed by atoms with Crippen LogP contribution in [0.1, 0.15) is 18.1 Å². The SMILES string of the molecule is Cc1cnc(CNCCCN(C)C)o1. The molecule has 0 amide bonds. The van der Waals surface area contributed by atoms with E-state index in [2.05, 4.69) is 29.3 Å². The maximum Gasteiger partial charge on any atom is 0.208 e. The molecule has 1 rings (SSSR count). The third-order valence-electron chi connectivity index (χ3n) is 1.90. The van der Waals surface area contributed by atoms with Gasteiger partial charge in [0.15, 0.2) is 0 Å². The van der Waals surface area contributed by atoms with Crippen molar-refractivity contribution < 1.29 is 4.42 Å². The van der Waals surface area contributed by atoms with E-state index in [-0.39, 0.29) is 0 Å². The Labute approximate surface area is 85.3 Å². The quantitative estimate of drug-likeness (QED) is 0.691. The molecule has 1 heterocycles. The van der Waals surface area contributed by atoms with Crippen molar-refractivity contribution in [3.05, 3.63) is 17.8 Å². The largest absolute Gasteiger partial charge is 0.445 e. The first-order valence-corrected chi connectivity index (χ1v) is 4.95. The van der Waals surface area contributed by atoms with Crippen LogP contribution >= 0.6 is 0 Å². The summed E-state index contributed by atoms with van der Waals surface area (Å²) in [5.74, 6) is 1.64. The average Bonchev–Trinajstić information content (AvgIpc) is 2.50. The molecule has 1 N–H and O–H groups in total. The molecular formula is C10H19N3O. The molecule has 4 nitrogen and oxygen atoms in total. The van der Waals surface area contributed by atoms with E-state index < -0.39 is 0 Å². The molecule has 0 aliphatic carbocycles. The highest BCUT2D eigenvalue weighted by Gasteiger charge is 1.98. The van der Waals surface area contributed by atoms with Gasteiger partial charge < -0.3 is 14.6 Å². The minimum atomic E-state index is 0.723. The zero-order valence-electron chi connectivity index (χ0n) is 9.21. The van der Waals surface area contributed by atoms with Crippen LogP contribution in [-0.2, 0) is 6.54 Å². The van der Waals surface area contributed by atoms with Gasteiger partial charge in [-0.1, -0.05) is 0 Å². The number of nitrogens with one attached hydrogen (secondary N) is 1. The smallest absolute Gasteiger partial charge is 0.208 e. The second-order valence-electron chi connectivity index (χ2n) is 3.70. The van der Waals surface area contributed by atoms with E-state index in [1.54, 1.807) is 6.20 Å². The molecule has 0 fully saturated rings. The number of nitrogens with zero attached hydrogens (tertiary/aromatic N) is 2. The fourth-order valence-electron chi connectivity index (χ4n) is 1.20. The Balaban J connectivity index is 2.04. The molecule has 0 aromatic carbocycles. The molecule has 0 radical (unpaired) electrons. The van der Waals surface area contributed by atoms with Crippen LogP contribution in [0.15, 0.2) is 10.6 Å². The number of oxazole rings is 1. The van der Waals surface area contributed by atoms with Crippen LogP contribution in [0.4, 0.5) is 0 Å². The van der Waals surface area contributed by atoms with Crippen LogP contribution in [-0.4, -0.2) is 37.1 Å². The lowest BCUT2D eigenvalue weighted by atomic mass is 10.4. The first-order chi connectivity index (χ1) is 6.68. The van der Waals surface area contributed by atoms with Gasteiger partial charge in [-0.15, -0.1) is 0 Å². The lowest BCUT2D eigenvalue weighted by molar-refractivity contribution is 0.388. The Morgan fingerprint density at radius 2 is 2.29 bits per heavy atom. The second-order valence-corrected chi connectivity index (χ2v) is 3.70. The van der Waals surface area contributed by atoms with Crippen molar-refractivity contribution >= 4 is 0 Å². The number of aromatic nitrogens is 1. The van der Waals surface area contributed by atoms with Gasteiger partial charge in [0.1, 0.15) is 5.76 Å². The van der Waals surface area contributed by atoms with E-state index in [1.165, 1.54) is 0 Å². The summed E-state index contributed by atoms with van der Waals surface area (Å²) in [4.78, 5) is 6.29. The Morgan fingerprint density at radius 1 is 1.50 bits per heavy atom. The zero-order chi connectivity index (χ0) is 10.4. The third-order valence-corrected chi connectivity index (χ3v) is 1.90. The van der Waals surface area contributed by atoms with Crippen molar-refractivity contribution in [2.75, 3.05) is 27.2 Å². The highest BCUT2D eigenvalue weighted by molar-refractivity contribution is 4.90. The maximum atomic E-state index is 5.33. The topological polar surface area (TPSA) is 41.3 Å². The predicted molar refractivity (Wildman–Crippen MR) is 56.1 cm³/mol. The lowest BCUT2D eigenvalue weighted by Crippen LogP contribution is -2.21. The van der Waals surface area contributed by atoms with E-state index in [1.807, 2.05) is 6.92 Å². The molecule has 0 saturated heterocycles. The average molecular weight is 197 g/mol. The zero-order valence-corrected chi connectivity index (χ0v) is 9.21. The summed E-state index contributed by atoms with van der Waals surface area (Å²) >= 11 is 0. The number of rotatable bonds is 6. The van der Waals surface area contributed by atoms with Gasteiger partial charge in [-0.3, -0.25) is 0 Å². The summed E-state index contributed by atoms with van der Waals surface area (Å²) in [6.45, 7) is 4.74. The molecule has 1 aromatic rings. The van der Waals surface area contributed by atoms with Gasteiger partial charge in [-0.25, -0.2) is 4.98 Å². The summed E-state index contributed by atoms with van der Waals surface area (Å²) < 4.78 is 5.33. The lowest BCUT2D eigenvalue weighted by Gasteiger charge is -2.08. The van der Waals surface area contributed by atoms with Crippen molar-refractivity contribution in [3.8, 4) is 0 Å². The van der Waals surface area contributed by atoms with Gasteiger partial charge >= 0.3 is 0 Å². The fourth-order valence-corrected chi connectivity index (χ4v) is 1.20. The molecule has 14 heavy (non-hydrogen) atoms. The molecule has 0 spiro atoms. The van der Waals surface area contributed by atoms with Crippen molar-refractivity contribution in [1.82, 2.24) is 15.2 Å². The Morgan fingerprint density at radius 3 is 2.86 bits per heavy atom. The standard InChI is InChI=1S/C10H19N3O/c1-9-7-12-10(14-9)8-11-5-4-6-13(2)3/h7,11H,4-6,8H2,1-3H3. The van der Waals surface area contributed by atoms with Crippen LogP contribution in [0.5, 0.6) is 0 Å². The van der Waals surface area contributed by atoms with Crippen LogP contribution in [0, 0.1) is 6.92 Å². The first kappa shape index (κ1) is 11.2. The molecule has 0 unspecified atom stereocenters. The molecule has 0 aliphatic rings. The summed E-state index contributed by atoms with van der Waals surface area (Å²) in [6, 6.07) is 0. The summed E-state index contributed by atoms with van der Waals surface area (Å²) in [7, 11) is 4.16. The number of aryl methyl sites for hydroxylation is 1. The van der Waals surface area contributed by atoms with E-state index in [0.29, 0.717) is 0 Å². The van der Waals surface area contributed by atoms with Crippen molar-refractivity contribution in [2.24, 2.45) is 0 Å². The van der Waals surface area contributed by atoms with Gasteiger partial charge in [-0.2, -0.15) is 0 Å². The van der Waals surface area contributed by atoms with Gasteiger partial charge in [0.25, 0.3) is 0 Å². The van der Waals surface area contributed by atoms with E-state index in [4.69, 9.17) is 4.42 Å². The van der Waals surface area contributed by atoms with E-state index in [0.717, 1.165) is 37.7 Å². The summed E-state index contributed by atoms with van der Waals surface area (Å²) in [6.07, 6.45) is 2.89. The minimum absolute atomic E-state index is 0.723. The highest BCUT2D eigenvalue weighted by atomic mass is 16.4. The maximum absolute atomic E-state index is 5.33. The second kappa shape index (κ2) is 5.78. The van der Waals surface area contributed by atoms with Crippen LogP contribution in [0.3, 0.4) is 0 Å². The molecular weight excluding hydrogens is 178 g/mol. The van der Waals surface area contributed by atoms with Crippen LogP contribution < -0.4 is 5.32 Å². The Kier molecular flexibility index (Phi) is 4.62. The molecule has 0 saturated carbocycles.